The number of carboxylic acid groups (broad SMARTS) is 1. The number of hydrogen-bond donors (Lipinski definition) is 1. The molecule has 0 fully saturated rings. The second kappa shape index (κ2) is 5.42. The minimum atomic E-state index is -1.27. The van der Waals surface area contributed by atoms with Crippen molar-refractivity contribution in [3.63, 3.8) is 0 Å². The Hall–Kier alpha value is -1.52. The van der Waals surface area contributed by atoms with Crippen molar-refractivity contribution in [3.8, 4) is 0 Å². The molecule has 0 spiro atoms. The van der Waals surface area contributed by atoms with Crippen molar-refractivity contribution in [2.45, 2.75) is 9.79 Å². The number of carboxylic acids is 1. The van der Waals surface area contributed by atoms with Crippen LogP contribution in [0.15, 0.2) is 52.3 Å². The van der Waals surface area contributed by atoms with Crippen molar-refractivity contribution < 1.29 is 14.3 Å². The van der Waals surface area contributed by atoms with Gasteiger partial charge in [0.15, 0.2) is 0 Å². The molecular formula is C13H8ClFO2S. The maximum atomic E-state index is 13.5. The zero-order valence-corrected chi connectivity index (χ0v) is 10.6. The molecule has 0 aliphatic heterocycles. The lowest BCUT2D eigenvalue weighted by molar-refractivity contribution is 0.0692. The van der Waals surface area contributed by atoms with Gasteiger partial charge in [-0.25, -0.2) is 9.18 Å². The molecule has 0 amide bonds. The second-order valence-corrected chi connectivity index (χ2v) is 5.09. The monoisotopic (exact) mass is 282 g/mol. The van der Waals surface area contributed by atoms with E-state index in [1.165, 1.54) is 23.9 Å². The average molecular weight is 283 g/mol. The molecule has 2 aromatic carbocycles. The average Bonchev–Trinajstić information content (AvgIpc) is 2.32. The van der Waals surface area contributed by atoms with Crippen LogP contribution in [0.1, 0.15) is 10.4 Å². The summed E-state index contributed by atoms with van der Waals surface area (Å²) in [6.07, 6.45) is 0. The van der Waals surface area contributed by atoms with Crippen LogP contribution in [0.4, 0.5) is 4.39 Å². The van der Waals surface area contributed by atoms with E-state index in [0.717, 1.165) is 4.90 Å². The minimum absolute atomic E-state index is 0.324. The second-order valence-electron chi connectivity index (χ2n) is 3.50. The number of hydrogen-bond acceptors (Lipinski definition) is 2. The first kappa shape index (κ1) is 12.9. The largest absolute Gasteiger partial charge is 0.478 e. The Bertz CT molecular complexity index is 584. The van der Waals surface area contributed by atoms with Gasteiger partial charge in [-0.3, -0.25) is 0 Å². The molecule has 18 heavy (non-hydrogen) atoms. The molecule has 0 atom stereocenters. The van der Waals surface area contributed by atoms with E-state index in [-0.39, 0.29) is 5.56 Å². The van der Waals surface area contributed by atoms with E-state index in [9.17, 15) is 9.18 Å². The zero-order chi connectivity index (χ0) is 13.1. The van der Waals surface area contributed by atoms with Crippen molar-refractivity contribution in [2.75, 3.05) is 0 Å². The maximum Gasteiger partial charge on any atom is 0.338 e. The number of rotatable bonds is 3. The molecular weight excluding hydrogens is 275 g/mol. The third-order valence-electron chi connectivity index (χ3n) is 2.22. The van der Waals surface area contributed by atoms with Crippen LogP contribution in [0.3, 0.4) is 0 Å². The van der Waals surface area contributed by atoms with E-state index >= 15 is 0 Å². The molecule has 5 heteroatoms. The fourth-order valence-corrected chi connectivity index (χ4v) is 2.34. The van der Waals surface area contributed by atoms with Gasteiger partial charge in [-0.05, 0) is 42.5 Å². The summed E-state index contributed by atoms with van der Waals surface area (Å²) < 4.78 is 13.5. The van der Waals surface area contributed by atoms with Crippen LogP contribution in [0.25, 0.3) is 0 Å². The van der Waals surface area contributed by atoms with Gasteiger partial charge in [0, 0.05) is 14.8 Å². The summed E-state index contributed by atoms with van der Waals surface area (Å²) in [6, 6.07) is 11.2. The van der Waals surface area contributed by atoms with Crippen molar-refractivity contribution >= 4 is 29.3 Å². The summed E-state index contributed by atoms with van der Waals surface area (Å²) in [7, 11) is 0. The highest BCUT2D eigenvalue weighted by Crippen LogP contribution is 2.29. The third-order valence-corrected chi connectivity index (χ3v) is 3.47. The predicted molar refractivity (Wildman–Crippen MR) is 68.9 cm³/mol. The van der Waals surface area contributed by atoms with Gasteiger partial charge in [0.2, 0.25) is 0 Å². The molecule has 2 rings (SSSR count). The van der Waals surface area contributed by atoms with Crippen molar-refractivity contribution in [2.24, 2.45) is 0 Å². The summed E-state index contributed by atoms with van der Waals surface area (Å²) in [5.74, 6) is -2.00. The fourth-order valence-electron chi connectivity index (χ4n) is 1.37. The first-order valence-corrected chi connectivity index (χ1v) is 6.22. The molecule has 0 saturated carbocycles. The van der Waals surface area contributed by atoms with Crippen LogP contribution in [-0.2, 0) is 0 Å². The fraction of sp³-hybridized carbons (Fsp3) is 0. The number of carbonyl (C=O) groups is 1. The molecule has 0 radical (unpaired) electrons. The highest BCUT2D eigenvalue weighted by molar-refractivity contribution is 7.99. The number of halogens is 2. The zero-order valence-electron chi connectivity index (χ0n) is 9.06. The van der Waals surface area contributed by atoms with Gasteiger partial charge >= 0.3 is 5.97 Å². The van der Waals surface area contributed by atoms with E-state index in [2.05, 4.69) is 0 Å². The lowest BCUT2D eigenvalue weighted by atomic mass is 10.2. The van der Waals surface area contributed by atoms with Crippen molar-refractivity contribution in [3.05, 3.63) is 58.9 Å². The van der Waals surface area contributed by atoms with E-state index in [1.807, 2.05) is 12.1 Å². The molecule has 1 N–H and O–H groups in total. The van der Waals surface area contributed by atoms with Crippen LogP contribution >= 0.6 is 23.4 Å². The first-order chi connectivity index (χ1) is 8.56. The van der Waals surface area contributed by atoms with Crippen molar-refractivity contribution in [1.82, 2.24) is 0 Å². The molecule has 2 nitrogen and oxygen atoms in total. The SMILES string of the molecule is O=C(O)c1ccc(Sc2ccc(Cl)cc2)cc1F. The lowest BCUT2D eigenvalue weighted by Crippen LogP contribution is -1.99. The van der Waals surface area contributed by atoms with Crippen LogP contribution in [-0.4, -0.2) is 11.1 Å². The maximum absolute atomic E-state index is 13.5. The van der Waals surface area contributed by atoms with Gasteiger partial charge in [-0.2, -0.15) is 0 Å². The van der Waals surface area contributed by atoms with Gasteiger partial charge in [0.05, 0.1) is 5.56 Å². The molecule has 0 aliphatic carbocycles. The first-order valence-electron chi connectivity index (χ1n) is 5.02. The molecule has 0 aromatic heterocycles. The van der Waals surface area contributed by atoms with E-state index in [0.29, 0.717) is 9.92 Å². The Morgan fingerprint density at radius 3 is 2.28 bits per heavy atom. The molecule has 0 unspecified atom stereocenters. The third kappa shape index (κ3) is 3.03. The van der Waals surface area contributed by atoms with E-state index < -0.39 is 11.8 Å². The molecule has 92 valence electrons. The number of benzene rings is 2. The quantitative estimate of drug-likeness (QED) is 0.910. The molecule has 0 bridgehead atoms. The standard InChI is InChI=1S/C13H8ClFO2S/c14-8-1-3-9(4-2-8)18-10-5-6-11(13(16)17)12(15)7-10/h1-7H,(H,16,17). The van der Waals surface area contributed by atoms with E-state index in [4.69, 9.17) is 16.7 Å². The summed E-state index contributed by atoms with van der Waals surface area (Å²) in [5.41, 5.74) is -0.324. The summed E-state index contributed by atoms with van der Waals surface area (Å²) in [6.45, 7) is 0. The van der Waals surface area contributed by atoms with Crippen LogP contribution in [0.2, 0.25) is 5.02 Å². The normalized spacial score (nSPS) is 10.3. The van der Waals surface area contributed by atoms with Crippen LogP contribution in [0, 0.1) is 5.82 Å². The Morgan fingerprint density at radius 2 is 1.72 bits per heavy atom. The van der Waals surface area contributed by atoms with E-state index in [1.54, 1.807) is 18.2 Å². The van der Waals surface area contributed by atoms with Crippen molar-refractivity contribution in [1.29, 1.82) is 0 Å². The van der Waals surface area contributed by atoms with Crippen LogP contribution < -0.4 is 0 Å². The van der Waals surface area contributed by atoms with Gasteiger partial charge in [-0.15, -0.1) is 0 Å². The topological polar surface area (TPSA) is 37.3 Å². The Labute approximate surface area is 112 Å². The molecule has 0 heterocycles. The summed E-state index contributed by atoms with van der Waals surface area (Å²) >= 11 is 7.10. The van der Waals surface area contributed by atoms with Gasteiger partial charge in [-0.1, -0.05) is 23.4 Å². The lowest BCUT2D eigenvalue weighted by Gasteiger charge is -2.03. The Kier molecular flexibility index (Phi) is 3.89. The molecule has 2 aromatic rings. The number of aromatic carboxylic acids is 1. The summed E-state index contributed by atoms with van der Waals surface area (Å²) in [5, 5.41) is 9.35. The summed E-state index contributed by atoms with van der Waals surface area (Å²) in [4.78, 5) is 12.2. The molecule has 0 aliphatic rings. The molecule has 0 saturated heterocycles. The van der Waals surface area contributed by atoms with Gasteiger partial charge in [0.1, 0.15) is 5.82 Å². The van der Waals surface area contributed by atoms with Crippen LogP contribution in [0.5, 0.6) is 0 Å². The minimum Gasteiger partial charge on any atom is -0.478 e. The highest BCUT2D eigenvalue weighted by Gasteiger charge is 2.10. The Morgan fingerprint density at radius 1 is 1.11 bits per heavy atom. The highest BCUT2D eigenvalue weighted by atomic mass is 35.5. The van der Waals surface area contributed by atoms with Gasteiger partial charge < -0.3 is 5.11 Å². The predicted octanol–water partition coefficient (Wildman–Crippen LogP) is 4.33. The smallest absolute Gasteiger partial charge is 0.338 e. The van der Waals surface area contributed by atoms with Gasteiger partial charge in [0.25, 0.3) is 0 Å². The Balaban J connectivity index is 2.22.